The fourth-order valence-electron chi connectivity index (χ4n) is 2.81. The van der Waals surface area contributed by atoms with Crippen molar-refractivity contribution in [2.24, 2.45) is 4.99 Å². The molecule has 2 rings (SSSR count). The molecule has 2 amide bonds. The summed E-state index contributed by atoms with van der Waals surface area (Å²) in [5, 5.41) is 17.2. The highest BCUT2D eigenvalue weighted by molar-refractivity contribution is 5.97. The first-order chi connectivity index (χ1) is 16.1. The highest BCUT2D eigenvalue weighted by Crippen LogP contribution is 2.14. The average molecular weight is 471 g/mol. The Morgan fingerprint density at radius 3 is 2.56 bits per heavy atom. The Bertz CT molecular complexity index is 1160. The fraction of sp³-hybridized carbons (Fsp3) is 0.286. The van der Waals surface area contributed by atoms with Crippen LogP contribution in [0.4, 0.5) is 23.1 Å². The minimum absolute atomic E-state index is 0.0257. The van der Waals surface area contributed by atoms with E-state index >= 15 is 0 Å². The first-order valence-corrected chi connectivity index (χ1v) is 10.2. The van der Waals surface area contributed by atoms with Crippen molar-refractivity contribution in [1.82, 2.24) is 20.6 Å². The van der Waals surface area contributed by atoms with Gasteiger partial charge in [0.25, 0.3) is 11.5 Å². The molecule has 1 aromatic carbocycles. The third-order valence-corrected chi connectivity index (χ3v) is 4.62. The number of aliphatic carboxylic acids is 1. The smallest absolute Gasteiger partial charge is 0.356 e. The maximum atomic E-state index is 12.4. The van der Waals surface area contributed by atoms with Gasteiger partial charge in [-0.25, -0.2) is 14.8 Å². The maximum Gasteiger partial charge on any atom is 0.356 e. The minimum Gasteiger partial charge on any atom is -0.480 e. The molecule has 0 bridgehead atoms. The third-order valence-electron chi connectivity index (χ3n) is 4.62. The van der Waals surface area contributed by atoms with Gasteiger partial charge in [0.05, 0.1) is 13.3 Å². The summed E-state index contributed by atoms with van der Waals surface area (Å²) in [5.41, 5.74) is 6.53. The molecule has 0 saturated heterocycles. The Balaban J connectivity index is 2.00. The number of nitrogens with one attached hydrogen (secondary N) is 5. The Hall–Kier alpha value is -4.55. The number of benzene rings is 1. The van der Waals surface area contributed by atoms with E-state index in [9.17, 15) is 24.3 Å². The number of H-pyrrole nitrogens is 1. The summed E-state index contributed by atoms with van der Waals surface area (Å²) < 4.78 is 0. The van der Waals surface area contributed by atoms with Gasteiger partial charge in [0.1, 0.15) is 6.04 Å². The highest BCUT2D eigenvalue weighted by Gasteiger charge is 2.21. The number of carbonyl (C=O) groups excluding carboxylic acids is 2. The molecule has 13 nitrogen and oxygen atoms in total. The number of carbonyl (C=O) groups is 3. The van der Waals surface area contributed by atoms with Gasteiger partial charge in [-0.05, 0) is 42.6 Å². The van der Waals surface area contributed by atoms with Gasteiger partial charge in [0.2, 0.25) is 11.6 Å². The summed E-state index contributed by atoms with van der Waals surface area (Å²) >= 11 is 0. The number of nitrogens with zero attached hydrogens (tertiary/aromatic N) is 2. The summed E-state index contributed by atoms with van der Waals surface area (Å²) in [4.78, 5) is 60.3. The normalized spacial score (nSPS) is 11.9. The molecule has 0 spiro atoms. The van der Waals surface area contributed by atoms with E-state index in [2.05, 4.69) is 42.6 Å². The zero-order valence-corrected chi connectivity index (χ0v) is 18.8. The van der Waals surface area contributed by atoms with E-state index in [1.54, 1.807) is 19.1 Å². The van der Waals surface area contributed by atoms with Crippen LogP contribution in [0, 0.1) is 0 Å². The number of hydrogen-bond donors (Lipinski definition) is 7. The number of carboxylic acids is 1. The van der Waals surface area contributed by atoms with Crippen LogP contribution in [-0.2, 0) is 9.59 Å². The van der Waals surface area contributed by atoms with Crippen molar-refractivity contribution in [3.63, 3.8) is 0 Å². The number of rotatable bonds is 11. The molecular weight excluding hydrogens is 444 g/mol. The van der Waals surface area contributed by atoms with Gasteiger partial charge >= 0.3 is 17.7 Å². The molecule has 8 N–H and O–H groups in total. The van der Waals surface area contributed by atoms with Crippen molar-refractivity contribution < 1.29 is 24.5 Å². The number of amides is 2. The second kappa shape index (κ2) is 11.9. The minimum atomic E-state index is -1.22. The van der Waals surface area contributed by atoms with Crippen molar-refractivity contribution in [2.75, 3.05) is 24.6 Å². The lowest BCUT2D eigenvalue weighted by Crippen LogP contribution is -2.59. The topological polar surface area (TPSA) is 206 Å². The van der Waals surface area contributed by atoms with Crippen LogP contribution in [0.5, 0.6) is 0 Å². The Morgan fingerprint density at radius 1 is 1.29 bits per heavy atom. The number of aromatic amines is 1. The summed E-state index contributed by atoms with van der Waals surface area (Å²) in [7, 11) is 1.45. The number of anilines is 2. The lowest BCUT2D eigenvalue weighted by atomic mass is 10.1. The second-order valence-corrected chi connectivity index (χ2v) is 7.18. The molecule has 0 fully saturated rings. The first kappa shape index (κ1) is 25.7. The van der Waals surface area contributed by atoms with Crippen molar-refractivity contribution in [1.29, 1.82) is 0 Å². The number of nitrogen functional groups attached to an aromatic ring is 1. The van der Waals surface area contributed by atoms with Crippen molar-refractivity contribution in [3.05, 3.63) is 40.2 Å². The largest absolute Gasteiger partial charge is 0.480 e. The van der Waals surface area contributed by atoms with Gasteiger partial charge in [-0.2, -0.15) is 0 Å². The maximum absolute atomic E-state index is 12.4. The van der Waals surface area contributed by atoms with Crippen LogP contribution in [0.2, 0.25) is 0 Å². The van der Waals surface area contributed by atoms with Gasteiger partial charge in [-0.3, -0.25) is 19.4 Å². The summed E-state index contributed by atoms with van der Waals surface area (Å²) in [5.74, 6) is -2.03. The predicted octanol–water partition coefficient (Wildman–Crippen LogP) is -1.32. The number of aromatic nitrogens is 2. The first-order valence-electron chi connectivity index (χ1n) is 10.2. The van der Waals surface area contributed by atoms with E-state index in [1.165, 1.54) is 19.2 Å². The molecule has 0 aliphatic heterocycles. The molecule has 1 aromatic heterocycles. The van der Waals surface area contributed by atoms with E-state index < -0.39 is 23.5 Å². The number of hydrogen-bond acceptors (Lipinski definition) is 8. The van der Waals surface area contributed by atoms with Crippen molar-refractivity contribution in [3.8, 4) is 0 Å². The Kier molecular flexibility index (Phi) is 9.00. The summed E-state index contributed by atoms with van der Waals surface area (Å²) in [6.45, 7) is 5.48. The van der Waals surface area contributed by atoms with Gasteiger partial charge in [-0.1, -0.05) is 0 Å². The van der Waals surface area contributed by atoms with Crippen LogP contribution >= 0.6 is 0 Å². The molecule has 0 aliphatic rings. The number of aliphatic imine (C=N–C) groups is 1. The summed E-state index contributed by atoms with van der Waals surface area (Å²) in [6.07, 6.45) is -0.0567. The number of nitrogens with two attached hydrogens (primary N) is 1. The van der Waals surface area contributed by atoms with Crippen molar-refractivity contribution in [2.45, 2.75) is 25.8 Å². The monoisotopic (exact) mass is 471 g/mol. The van der Waals surface area contributed by atoms with E-state index in [4.69, 9.17) is 5.73 Å². The van der Waals surface area contributed by atoms with Crippen molar-refractivity contribution >= 4 is 53.4 Å². The van der Waals surface area contributed by atoms with Gasteiger partial charge in [0, 0.05) is 30.4 Å². The molecule has 1 atom stereocenters. The summed E-state index contributed by atoms with van der Waals surface area (Å²) in [6, 6.07) is 5.15. The van der Waals surface area contributed by atoms with Crippen LogP contribution < -0.4 is 32.2 Å². The molecule has 0 radical (unpaired) electrons. The highest BCUT2D eigenvalue weighted by atomic mass is 16.4. The molecule has 0 aliphatic carbocycles. The van der Waals surface area contributed by atoms with Gasteiger partial charge < -0.3 is 26.8 Å². The lowest BCUT2D eigenvalue weighted by molar-refractivity contribution is -0.346. The quantitative estimate of drug-likeness (QED) is 0.195. The third kappa shape index (κ3) is 7.25. The Labute approximate surface area is 194 Å². The van der Waals surface area contributed by atoms with Crippen LogP contribution in [0.25, 0.3) is 0 Å². The molecule has 0 saturated carbocycles. The molecule has 1 unspecified atom stereocenters. The predicted molar refractivity (Wildman–Crippen MR) is 127 cm³/mol. The molecule has 2 aromatic rings. The average Bonchev–Trinajstić information content (AvgIpc) is 2.81. The van der Waals surface area contributed by atoms with Crippen LogP contribution in [0.3, 0.4) is 0 Å². The van der Waals surface area contributed by atoms with Gasteiger partial charge in [0.15, 0.2) is 0 Å². The molecular formula is C21H27N8O5+. The standard InChI is InChI=1S/C21H26N8O5/c1-11(26-16-17(24-3)28-21(22)29-19(16)32)10-25-13-6-4-12(5-7-13)18(31)27-14(20(33)34)8-9-15(30)23-2/h4-7,14,25H,3,8-10H2,1-2H3,(H,23,30)(H,27,31)(H,33,34)(H3,22,28,29,32)/p+1. The SMILES string of the molecule is C=[NH+]c1nc(N)[nH]c(=O)c1N=C(C)CNc1ccc(C(=O)NC(CCC(=O)NC)C(=O)O)cc1. The second-order valence-electron chi connectivity index (χ2n) is 7.18. The van der Waals surface area contributed by atoms with E-state index in [1.807, 2.05) is 0 Å². The molecule has 13 heteroatoms. The molecule has 180 valence electrons. The zero-order chi connectivity index (χ0) is 25.3. The van der Waals surface area contributed by atoms with Crippen LogP contribution in [0.1, 0.15) is 30.1 Å². The van der Waals surface area contributed by atoms with E-state index in [0.717, 1.165) is 0 Å². The van der Waals surface area contributed by atoms with Crippen LogP contribution in [-0.4, -0.2) is 64.9 Å². The molecule has 34 heavy (non-hydrogen) atoms. The van der Waals surface area contributed by atoms with E-state index in [-0.39, 0.29) is 48.3 Å². The van der Waals surface area contributed by atoms with Gasteiger partial charge in [-0.15, -0.1) is 0 Å². The number of carboxylic acid groups (broad SMARTS) is 1. The van der Waals surface area contributed by atoms with Crippen LogP contribution in [0.15, 0.2) is 34.1 Å². The zero-order valence-electron chi connectivity index (χ0n) is 18.8. The fourth-order valence-corrected chi connectivity index (χ4v) is 2.81. The van der Waals surface area contributed by atoms with E-state index in [0.29, 0.717) is 11.4 Å². The lowest BCUT2D eigenvalue weighted by Gasteiger charge is -2.14. The Morgan fingerprint density at radius 2 is 1.97 bits per heavy atom. The molecule has 1 heterocycles.